The van der Waals surface area contributed by atoms with Gasteiger partial charge >= 0.3 is 0 Å². The van der Waals surface area contributed by atoms with Crippen LogP contribution in [0.1, 0.15) is 12.0 Å². The Balaban J connectivity index is 2.73. The van der Waals surface area contributed by atoms with E-state index in [1.54, 1.807) is 24.3 Å². The molecule has 4 nitrogen and oxygen atoms in total. The summed E-state index contributed by atoms with van der Waals surface area (Å²) in [5.41, 5.74) is 0.475. The maximum atomic E-state index is 11.5. The van der Waals surface area contributed by atoms with Crippen molar-refractivity contribution >= 4 is 27.4 Å². The molecule has 0 amide bonds. The van der Waals surface area contributed by atoms with Gasteiger partial charge in [-0.3, -0.25) is 0 Å². The minimum atomic E-state index is -3.46. The molecule has 1 aromatic rings. The summed E-state index contributed by atoms with van der Waals surface area (Å²) >= 11 is 5.80. The number of carboxylic acids is 1. The minimum absolute atomic E-state index is 0.250. The lowest BCUT2D eigenvalue weighted by atomic mass is 10.2. The highest BCUT2D eigenvalue weighted by Crippen LogP contribution is 2.18. The molecule has 0 saturated heterocycles. The standard InChI is InChI=1S/C10H11ClO4S/c11-9-4-2-1-3-8(9)7-16(14,15)6-5-10(12)13/h1-4H,5-7H2,(H,12,13)/p-1. The molecule has 0 N–H and O–H groups in total. The number of aliphatic carboxylic acids is 1. The molecule has 0 aliphatic carbocycles. The quantitative estimate of drug-likeness (QED) is 0.769. The van der Waals surface area contributed by atoms with Gasteiger partial charge in [0.1, 0.15) is 0 Å². The topological polar surface area (TPSA) is 74.3 Å². The van der Waals surface area contributed by atoms with E-state index < -0.39 is 28.0 Å². The number of hydrogen-bond donors (Lipinski definition) is 0. The summed E-state index contributed by atoms with van der Waals surface area (Å²) < 4.78 is 23.0. The van der Waals surface area contributed by atoms with Crippen LogP contribution in [0.3, 0.4) is 0 Å². The van der Waals surface area contributed by atoms with Crippen LogP contribution in [-0.2, 0) is 20.4 Å². The Morgan fingerprint density at radius 1 is 1.31 bits per heavy atom. The van der Waals surface area contributed by atoms with Gasteiger partial charge in [-0.2, -0.15) is 0 Å². The van der Waals surface area contributed by atoms with Crippen LogP contribution < -0.4 is 5.11 Å². The van der Waals surface area contributed by atoms with Crippen molar-refractivity contribution in [3.05, 3.63) is 34.9 Å². The fourth-order valence-electron chi connectivity index (χ4n) is 1.16. The molecule has 0 unspecified atom stereocenters. The molecule has 0 aromatic heterocycles. The minimum Gasteiger partial charge on any atom is -0.550 e. The molecular weight excluding hydrogens is 252 g/mol. The molecule has 0 radical (unpaired) electrons. The molecule has 0 aliphatic rings. The van der Waals surface area contributed by atoms with Gasteiger partial charge in [-0.25, -0.2) is 8.42 Å². The van der Waals surface area contributed by atoms with Crippen molar-refractivity contribution in [3.8, 4) is 0 Å². The van der Waals surface area contributed by atoms with Gasteiger partial charge in [-0.15, -0.1) is 0 Å². The Morgan fingerprint density at radius 2 is 1.94 bits per heavy atom. The molecule has 0 bridgehead atoms. The van der Waals surface area contributed by atoms with E-state index >= 15 is 0 Å². The fourth-order valence-corrected chi connectivity index (χ4v) is 2.79. The number of hydrogen-bond acceptors (Lipinski definition) is 4. The molecule has 1 aromatic carbocycles. The summed E-state index contributed by atoms with van der Waals surface area (Å²) in [6.07, 6.45) is -0.493. The van der Waals surface area contributed by atoms with Gasteiger partial charge in [0.2, 0.25) is 0 Å². The van der Waals surface area contributed by atoms with E-state index in [1.165, 1.54) is 0 Å². The maximum absolute atomic E-state index is 11.5. The summed E-state index contributed by atoms with van der Waals surface area (Å²) in [7, 11) is -3.46. The van der Waals surface area contributed by atoms with Crippen molar-refractivity contribution in [1.82, 2.24) is 0 Å². The second-order valence-electron chi connectivity index (χ2n) is 3.31. The normalized spacial score (nSPS) is 11.3. The van der Waals surface area contributed by atoms with E-state index in [0.29, 0.717) is 10.6 Å². The molecule has 0 atom stereocenters. The molecule has 1 rings (SSSR count). The molecule has 88 valence electrons. The van der Waals surface area contributed by atoms with E-state index in [4.69, 9.17) is 11.6 Å². The highest BCUT2D eigenvalue weighted by molar-refractivity contribution is 7.90. The van der Waals surface area contributed by atoms with Crippen LogP contribution in [0.5, 0.6) is 0 Å². The third-order valence-corrected chi connectivity index (χ3v) is 3.90. The first-order valence-corrected chi connectivity index (χ1v) is 6.74. The van der Waals surface area contributed by atoms with Crippen molar-refractivity contribution in [2.75, 3.05) is 5.75 Å². The predicted octanol–water partition coefficient (Wildman–Crippen LogP) is 0.395. The van der Waals surface area contributed by atoms with Crippen molar-refractivity contribution < 1.29 is 18.3 Å². The first-order chi connectivity index (χ1) is 7.41. The van der Waals surface area contributed by atoms with Crippen LogP contribution in [-0.4, -0.2) is 20.1 Å². The van der Waals surface area contributed by atoms with E-state index in [2.05, 4.69) is 0 Å². The molecule has 6 heteroatoms. The van der Waals surface area contributed by atoms with Gasteiger partial charge in [0, 0.05) is 17.4 Å². The van der Waals surface area contributed by atoms with Gasteiger partial charge in [-0.05, 0) is 11.6 Å². The Labute approximate surface area is 98.8 Å². The summed E-state index contributed by atoms with van der Waals surface area (Å²) in [6, 6.07) is 6.55. The third kappa shape index (κ3) is 4.20. The Morgan fingerprint density at radius 3 is 2.50 bits per heavy atom. The van der Waals surface area contributed by atoms with Gasteiger partial charge in [-0.1, -0.05) is 29.8 Å². The van der Waals surface area contributed by atoms with E-state index in [-0.39, 0.29) is 5.75 Å². The average molecular weight is 262 g/mol. The lowest BCUT2D eigenvalue weighted by molar-refractivity contribution is -0.305. The van der Waals surface area contributed by atoms with Crippen LogP contribution >= 0.6 is 11.6 Å². The van der Waals surface area contributed by atoms with Crippen molar-refractivity contribution in [2.24, 2.45) is 0 Å². The molecule has 0 saturated carbocycles. The second kappa shape index (κ2) is 5.32. The average Bonchev–Trinajstić information content (AvgIpc) is 2.19. The monoisotopic (exact) mass is 261 g/mol. The molecule has 0 spiro atoms. The van der Waals surface area contributed by atoms with E-state index in [9.17, 15) is 18.3 Å². The zero-order valence-corrected chi connectivity index (χ0v) is 9.92. The van der Waals surface area contributed by atoms with Crippen LogP contribution in [0, 0.1) is 0 Å². The summed E-state index contributed by atoms with van der Waals surface area (Å²) in [5.74, 6) is -2.05. The molecule has 16 heavy (non-hydrogen) atoms. The Bertz CT molecular complexity index is 481. The largest absolute Gasteiger partial charge is 0.550 e. The Hall–Kier alpha value is -1.07. The lowest BCUT2D eigenvalue weighted by Crippen LogP contribution is -2.25. The van der Waals surface area contributed by atoms with Crippen molar-refractivity contribution in [2.45, 2.75) is 12.2 Å². The predicted molar refractivity (Wildman–Crippen MR) is 58.6 cm³/mol. The number of carboxylic acid groups (broad SMARTS) is 1. The van der Waals surface area contributed by atoms with Crippen LogP contribution in [0.4, 0.5) is 0 Å². The van der Waals surface area contributed by atoms with Gasteiger partial charge in [0.15, 0.2) is 9.84 Å². The smallest absolute Gasteiger partial charge is 0.154 e. The van der Waals surface area contributed by atoms with Crippen LogP contribution in [0.15, 0.2) is 24.3 Å². The number of halogens is 1. The number of carbonyl (C=O) groups is 1. The number of carbonyl (C=O) groups excluding carboxylic acids is 1. The van der Waals surface area contributed by atoms with Gasteiger partial charge in [0.25, 0.3) is 0 Å². The maximum Gasteiger partial charge on any atom is 0.154 e. The zero-order valence-electron chi connectivity index (χ0n) is 8.35. The summed E-state index contributed by atoms with van der Waals surface area (Å²) in [5, 5.41) is 10.5. The highest BCUT2D eigenvalue weighted by Gasteiger charge is 2.13. The van der Waals surface area contributed by atoms with E-state index in [0.717, 1.165) is 0 Å². The first kappa shape index (κ1) is 13.0. The van der Waals surface area contributed by atoms with Crippen molar-refractivity contribution in [1.29, 1.82) is 0 Å². The summed E-state index contributed by atoms with van der Waals surface area (Å²) in [4.78, 5) is 10.2. The Kier molecular flexibility index (Phi) is 4.32. The van der Waals surface area contributed by atoms with Gasteiger partial charge in [0.05, 0.1) is 11.5 Å². The SMILES string of the molecule is O=C([O-])CCS(=O)(=O)Cc1ccccc1Cl. The zero-order chi connectivity index (χ0) is 12.2. The third-order valence-electron chi connectivity index (χ3n) is 1.95. The number of rotatable bonds is 5. The fraction of sp³-hybridized carbons (Fsp3) is 0.300. The lowest BCUT2D eigenvalue weighted by Gasteiger charge is -2.06. The number of sulfone groups is 1. The van der Waals surface area contributed by atoms with Crippen LogP contribution in [0.25, 0.3) is 0 Å². The first-order valence-electron chi connectivity index (χ1n) is 4.54. The van der Waals surface area contributed by atoms with Crippen molar-refractivity contribution in [3.63, 3.8) is 0 Å². The second-order valence-corrected chi connectivity index (χ2v) is 5.90. The molecule has 0 heterocycles. The van der Waals surface area contributed by atoms with Gasteiger partial charge < -0.3 is 9.90 Å². The molecule has 0 aliphatic heterocycles. The molecule has 0 fully saturated rings. The highest BCUT2D eigenvalue weighted by atomic mass is 35.5. The molecular formula is C10H10ClO4S-. The van der Waals surface area contributed by atoms with E-state index in [1.807, 2.05) is 0 Å². The number of benzene rings is 1. The summed E-state index contributed by atoms with van der Waals surface area (Å²) in [6.45, 7) is 0. The van der Waals surface area contributed by atoms with Crippen LogP contribution in [0.2, 0.25) is 5.02 Å².